The van der Waals surface area contributed by atoms with E-state index < -0.39 is 10.1 Å². The van der Waals surface area contributed by atoms with Gasteiger partial charge in [-0.05, 0) is 43.3 Å². The van der Waals surface area contributed by atoms with Crippen LogP contribution in [0.3, 0.4) is 0 Å². The summed E-state index contributed by atoms with van der Waals surface area (Å²) in [6, 6.07) is 11.9. The molecule has 0 aliphatic heterocycles. The molecular weight excluding hydrogens is 300 g/mol. The number of Topliss-reactive ketones (excluding diaryl/α,β-unsaturated/α-hetero) is 1. The van der Waals surface area contributed by atoms with Crippen LogP contribution in [0, 0.1) is 0 Å². The molecule has 0 aromatic heterocycles. The van der Waals surface area contributed by atoms with Crippen molar-refractivity contribution >= 4 is 27.5 Å². The van der Waals surface area contributed by atoms with Gasteiger partial charge in [0, 0.05) is 5.56 Å². The second-order valence-electron chi connectivity index (χ2n) is 4.05. The van der Waals surface area contributed by atoms with Gasteiger partial charge in [-0.1, -0.05) is 23.7 Å². The van der Waals surface area contributed by atoms with Gasteiger partial charge in [0.25, 0.3) is 0 Å². The van der Waals surface area contributed by atoms with Crippen LogP contribution in [0.15, 0.2) is 53.4 Å². The molecule has 2 aromatic rings. The summed E-state index contributed by atoms with van der Waals surface area (Å²) >= 11 is 5.84. The van der Waals surface area contributed by atoms with Crippen molar-refractivity contribution in [1.29, 1.82) is 0 Å². The average Bonchev–Trinajstić information content (AvgIpc) is 2.39. The van der Waals surface area contributed by atoms with Gasteiger partial charge < -0.3 is 4.18 Å². The Morgan fingerprint density at radius 3 is 2.20 bits per heavy atom. The minimum absolute atomic E-state index is 0.0906. The molecule has 4 nitrogen and oxygen atoms in total. The zero-order valence-corrected chi connectivity index (χ0v) is 12.1. The highest BCUT2D eigenvalue weighted by Crippen LogP contribution is 2.24. The number of carbonyl (C=O) groups excluding carboxylic acids is 1. The van der Waals surface area contributed by atoms with E-state index in [0.717, 1.165) is 0 Å². The fourth-order valence-corrected chi connectivity index (χ4v) is 2.99. The summed E-state index contributed by atoms with van der Waals surface area (Å²) in [6.07, 6.45) is 0. The molecule has 0 unspecified atom stereocenters. The van der Waals surface area contributed by atoms with Gasteiger partial charge in [-0.25, -0.2) is 0 Å². The van der Waals surface area contributed by atoms with Gasteiger partial charge in [-0.2, -0.15) is 8.42 Å². The van der Waals surface area contributed by atoms with E-state index in [1.807, 2.05) is 0 Å². The SMILES string of the molecule is CC(=O)c1ccc(OS(=O)(=O)c2ccccc2Cl)cc1. The summed E-state index contributed by atoms with van der Waals surface area (Å²) in [5.74, 6) is 0.0143. The number of halogens is 1. The van der Waals surface area contributed by atoms with E-state index in [9.17, 15) is 13.2 Å². The van der Waals surface area contributed by atoms with E-state index >= 15 is 0 Å². The molecule has 0 bridgehead atoms. The van der Waals surface area contributed by atoms with Gasteiger partial charge in [-0.3, -0.25) is 4.79 Å². The van der Waals surface area contributed by atoms with E-state index in [1.165, 1.54) is 43.3 Å². The highest BCUT2D eigenvalue weighted by atomic mass is 35.5. The predicted octanol–water partition coefficient (Wildman–Crippen LogP) is 3.31. The summed E-state index contributed by atoms with van der Waals surface area (Å²) < 4.78 is 29.1. The number of benzene rings is 2. The molecule has 2 aromatic carbocycles. The van der Waals surface area contributed by atoms with Gasteiger partial charge in [0.15, 0.2) is 5.78 Å². The van der Waals surface area contributed by atoms with E-state index in [1.54, 1.807) is 12.1 Å². The monoisotopic (exact) mass is 310 g/mol. The number of hydrogen-bond donors (Lipinski definition) is 0. The Morgan fingerprint density at radius 2 is 1.65 bits per heavy atom. The van der Waals surface area contributed by atoms with E-state index in [-0.39, 0.29) is 21.5 Å². The zero-order valence-electron chi connectivity index (χ0n) is 10.5. The molecule has 0 aliphatic carbocycles. The first kappa shape index (κ1) is 14.6. The summed E-state index contributed by atoms with van der Waals surface area (Å²) in [5.41, 5.74) is 0.479. The van der Waals surface area contributed by atoms with Crippen molar-refractivity contribution in [2.45, 2.75) is 11.8 Å². The molecule has 0 saturated heterocycles. The first-order chi connectivity index (χ1) is 9.40. The van der Waals surface area contributed by atoms with E-state index in [4.69, 9.17) is 15.8 Å². The highest BCUT2D eigenvalue weighted by Gasteiger charge is 2.19. The number of rotatable bonds is 4. The first-order valence-electron chi connectivity index (χ1n) is 5.70. The Balaban J connectivity index is 2.29. The van der Waals surface area contributed by atoms with Crippen LogP contribution in [0.1, 0.15) is 17.3 Å². The summed E-state index contributed by atoms with van der Waals surface area (Å²) in [4.78, 5) is 11.0. The maximum absolute atomic E-state index is 12.1. The van der Waals surface area contributed by atoms with Crippen LogP contribution in [-0.4, -0.2) is 14.2 Å². The van der Waals surface area contributed by atoms with Crippen LogP contribution >= 0.6 is 11.6 Å². The minimum atomic E-state index is -3.99. The van der Waals surface area contributed by atoms with Crippen LogP contribution in [-0.2, 0) is 10.1 Å². The lowest BCUT2D eigenvalue weighted by Crippen LogP contribution is -2.10. The van der Waals surface area contributed by atoms with Crippen LogP contribution in [0.2, 0.25) is 5.02 Å². The van der Waals surface area contributed by atoms with Crippen molar-refractivity contribution in [3.8, 4) is 5.75 Å². The smallest absolute Gasteiger partial charge is 0.340 e. The van der Waals surface area contributed by atoms with Crippen molar-refractivity contribution in [1.82, 2.24) is 0 Å². The number of carbonyl (C=O) groups is 1. The quantitative estimate of drug-likeness (QED) is 0.642. The van der Waals surface area contributed by atoms with Crippen molar-refractivity contribution < 1.29 is 17.4 Å². The van der Waals surface area contributed by atoms with Crippen molar-refractivity contribution in [2.75, 3.05) is 0 Å². The van der Waals surface area contributed by atoms with E-state index in [0.29, 0.717) is 5.56 Å². The third kappa shape index (κ3) is 3.18. The second kappa shape index (κ2) is 5.64. The summed E-state index contributed by atoms with van der Waals surface area (Å²) in [5, 5.41) is 0.0906. The van der Waals surface area contributed by atoms with Crippen LogP contribution in [0.25, 0.3) is 0 Å². The Hall–Kier alpha value is -1.85. The molecule has 0 radical (unpaired) electrons. The van der Waals surface area contributed by atoms with Gasteiger partial charge >= 0.3 is 10.1 Å². The first-order valence-corrected chi connectivity index (χ1v) is 7.49. The molecule has 2 rings (SSSR count). The van der Waals surface area contributed by atoms with Crippen LogP contribution in [0.5, 0.6) is 5.75 Å². The summed E-state index contributed by atoms with van der Waals surface area (Å²) in [7, 11) is -3.99. The normalized spacial score (nSPS) is 11.1. The minimum Gasteiger partial charge on any atom is -0.379 e. The largest absolute Gasteiger partial charge is 0.379 e. The Labute approximate surface area is 122 Å². The molecule has 0 atom stereocenters. The lowest BCUT2D eigenvalue weighted by molar-refractivity contribution is 0.101. The van der Waals surface area contributed by atoms with Gasteiger partial charge in [0.2, 0.25) is 0 Å². The van der Waals surface area contributed by atoms with Crippen LogP contribution in [0.4, 0.5) is 0 Å². The average molecular weight is 311 g/mol. The Kier molecular flexibility index (Phi) is 4.11. The number of ketones is 1. The molecule has 0 saturated carbocycles. The second-order valence-corrected chi connectivity index (χ2v) is 5.97. The maximum atomic E-state index is 12.1. The molecule has 0 aliphatic rings. The molecule has 104 valence electrons. The molecule has 0 N–H and O–H groups in total. The lowest BCUT2D eigenvalue weighted by Gasteiger charge is -2.08. The fourth-order valence-electron chi connectivity index (χ4n) is 1.56. The topological polar surface area (TPSA) is 60.4 Å². The van der Waals surface area contributed by atoms with Gasteiger partial charge in [-0.15, -0.1) is 0 Å². The number of hydrogen-bond acceptors (Lipinski definition) is 4. The standard InChI is InChI=1S/C14H11ClO4S/c1-10(16)11-6-8-12(9-7-11)19-20(17,18)14-5-3-2-4-13(14)15/h2-9H,1H3. The molecule has 20 heavy (non-hydrogen) atoms. The van der Waals surface area contributed by atoms with Gasteiger partial charge in [0.05, 0.1) is 5.02 Å². The van der Waals surface area contributed by atoms with Gasteiger partial charge in [0.1, 0.15) is 10.6 Å². The predicted molar refractivity (Wildman–Crippen MR) is 75.7 cm³/mol. The third-order valence-electron chi connectivity index (χ3n) is 2.57. The fraction of sp³-hybridized carbons (Fsp3) is 0.0714. The molecule has 6 heteroatoms. The zero-order chi connectivity index (χ0) is 14.8. The third-order valence-corrected chi connectivity index (χ3v) is 4.32. The van der Waals surface area contributed by atoms with Crippen LogP contribution < -0.4 is 4.18 Å². The highest BCUT2D eigenvalue weighted by molar-refractivity contribution is 7.87. The van der Waals surface area contributed by atoms with Crippen molar-refractivity contribution in [3.63, 3.8) is 0 Å². The maximum Gasteiger partial charge on any atom is 0.340 e. The molecule has 0 spiro atoms. The molecule has 0 amide bonds. The molecule has 0 fully saturated rings. The summed E-state index contributed by atoms with van der Waals surface area (Å²) in [6.45, 7) is 1.43. The Morgan fingerprint density at radius 1 is 1.05 bits per heavy atom. The molecule has 0 heterocycles. The lowest BCUT2D eigenvalue weighted by atomic mass is 10.1. The van der Waals surface area contributed by atoms with E-state index in [2.05, 4.69) is 0 Å². The van der Waals surface area contributed by atoms with Crippen molar-refractivity contribution in [3.05, 3.63) is 59.1 Å². The van der Waals surface area contributed by atoms with Crippen molar-refractivity contribution in [2.24, 2.45) is 0 Å². The molecular formula is C14H11ClO4S. The Bertz CT molecular complexity index is 736.